The molecule has 2 N–H and O–H groups in total. The van der Waals surface area contributed by atoms with Crippen molar-refractivity contribution in [3.8, 4) is 0 Å². The average molecular weight is 395 g/mol. The lowest BCUT2D eigenvalue weighted by atomic mass is 10.1. The highest BCUT2D eigenvalue weighted by molar-refractivity contribution is 9.10. The van der Waals surface area contributed by atoms with E-state index in [0.717, 1.165) is 23.2 Å². The Labute approximate surface area is 148 Å². The molecule has 3 rings (SSSR count). The Morgan fingerprint density at radius 2 is 1.70 bits per heavy atom. The highest BCUT2D eigenvalue weighted by Crippen LogP contribution is 2.32. The largest absolute Gasteiger partial charge is 0.397 e. The number of para-hydroxylation sites is 1. The molecule has 1 aliphatic rings. The van der Waals surface area contributed by atoms with E-state index in [1.165, 1.54) is 0 Å². The lowest BCUT2D eigenvalue weighted by molar-refractivity contribution is 0.0747. The Balaban J connectivity index is 1.69. The molecule has 0 aromatic heterocycles. The number of nitrogens with two attached hydrogens (primary N) is 1. The highest BCUT2D eigenvalue weighted by Gasteiger charge is 2.24. The molecule has 1 heterocycles. The second kappa shape index (κ2) is 6.81. The van der Waals surface area contributed by atoms with E-state index in [-0.39, 0.29) is 5.91 Å². The fraction of sp³-hybridized carbons (Fsp3) is 0.235. The van der Waals surface area contributed by atoms with Crippen LogP contribution in [-0.4, -0.2) is 37.0 Å². The summed E-state index contributed by atoms with van der Waals surface area (Å²) in [6.07, 6.45) is 0. The van der Waals surface area contributed by atoms with Gasteiger partial charge in [-0.15, -0.1) is 0 Å². The van der Waals surface area contributed by atoms with Crippen LogP contribution in [0.25, 0.3) is 0 Å². The smallest absolute Gasteiger partial charge is 0.253 e. The number of rotatable bonds is 2. The van der Waals surface area contributed by atoms with Gasteiger partial charge in [-0.05, 0) is 36.4 Å². The first-order valence-corrected chi connectivity index (χ1v) is 8.57. The molecule has 23 heavy (non-hydrogen) atoms. The zero-order chi connectivity index (χ0) is 16.4. The lowest BCUT2D eigenvalue weighted by Gasteiger charge is -2.37. The average Bonchev–Trinajstić information content (AvgIpc) is 2.55. The molecule has 4 nitrogen and oxygen atoms in total. The topological polar surface area (TPSA) is 49.6 Å². The molecule has 0 saturated carbocycles. The Hall–Kier alpha value is -1.72. The molecule has 0 bridgehead atoms. The van der Waals surface area contributed by atoms with Crippen LogP contribution in [-0.2, 0) is 0 Å². The molecule has 1 aliphatic heterocycles. The van der Waals surface area contributed by atoms with E-state index < -0.39 is 0 Å². The molecule has 6 heteroatoms. The van der Waals surface area contributed by atoms with E-state index in [1.807, 2.05) is 47.4 Å². The summed E-state index contributed by atoms with van der Waals surface area (Å²) < 4.78 is 0.966. The fourth-order valence-corrected chi connectivity index (χ4v) is 3.34. The third kappa shape index (κ3) is 3.46. The molecule has 0 atom stereocenters. The number of halogens is 2. The van der Waals surface area contributed by atoms with Crippen LogP contribution >= 0.6 is 27.5 Å². The van der Waals surface area contributed by atoms with Gasteiger partial charge in [-0.2, -0.15) is 0 Å². The van der Waals surface area contributed by atoms with Crippen LogP contribution in [0.5, 0.6) is 0 Å². The summed E-state index contributed by atoms with van der Waals surface area (Å²) in [5.41, 5.74) is 8.29. The van der Waals surface area contributed by atoms with Crippen molar-refractivity contribution in [3.63, 3.8) is 0 Å². The number of hydrogen-bond donors (Lipinski definition) is 1. The van der Waals surface area contributed by atoms with Crippen LogP contribution < -0.4 is 10.6 Å². The monoisotopic (exact) mass is 393 g/mol. The number of nitrogen functional groups attached to an aromatic ring is 1. The van der Waals surface area contributed by atoms with Crippen LogP contribution in [0.15, 0.2) is 46.9 Å². The molecule has 2 aromatic carbocycles. The van der Waals surface area contributed by atoms with Gasteiger partial charge < -0.3 is 15.5 Å². The van der Waals surface area contributed by atoms with Crippen molar-refractivity contribution in [2.45, 2.75) is 0 Å². The number of carbonyl (C=O) groups excluding carboxylic acids is 1. The summed E-state index contributed by atoms with van der Waals surface area (Å²) in [6.45, 7) is 2.74. The van der Waals surface area contributed by atoms with Gasteiger partial charge in [0.2, 0.25) is 0 Å². The molecule has 0 aliphatic carbocycles. The maximum absolute atomic E-state index is 12.5. The van der Waals surface area contributed by atoms with Gasteiger partial charge in [0, 0.05) is 36.2 Å². The van der Waals surface area contributed by atoms with Gasteiger partial charge in [0.15, 0.2) is 0 Å². The van der Waals surface area contributed by atoms with Crippen LogP contribution in [0, 0.1) is 0 Å². The van der Waals surface area contributed by atoms with Crippen LogP contribution in [0.2, 0.25) is 5.02 Å². The number of piperazine rings is 1. The predicted octanol–water partition coefficient (Wildman–Crippen LogP) is 3.65. The molecule has 1 amide bonds. The van der Waals surface area contributed by atoms with Crippen molar-refractivity contribution < 1.29 is 4.79 Å². The number of carbonyl (C=O) groups is 1. The summed E-state index contributed by atoms with van der Waals surface area (Å²) >= 11 is 9.65. The first-order valence-electron chi connectivity index (χ1n) is 7.40. The lowest BCUT2D eigenvalue weighted by Crippen LogP contribution is -2.49. The first kappa shape index (κ1) is 16.1. The molecular weight excluding hydrogens is 378 g/mol. The molecule has 2 aromatic rings. The Morgan fingerprint density at radius 3 is 2.30 bits per heavy atom. The summed E-state index contributed by atoms with van der Waals surface area (Å²) in [5, 5.41) is 0.651. The molecule has 1 fully saturated rings. The molecule has 0 unspecified atom stereocenters. The van der Waals surface area contributed by atoms with E-state index in [9.17, 15) is 4.79 Å². The van der Waals surface area contributed by atoms with Crippen molar-refractivity contribution in [1.82, 2.24) is 4.90 Å². The first-order chi connectivity index (χ1) is 11.1. The molecule has 1 saturated heterocycles. The minimum Gasteiger partial charge on any atom is -0.397 e. The summed E-state index contributed by atoms with van der Waals surface area (Å²) in [7, 11) is 0. The summed E-state index contributed by atoms with van der Waals surface area (Å²) in [6, 6.07) is 13.0. The third-order valence-electron chi connectivity index (χ3n) is 3.99. The third-order valence-corrected chi connectivity index (χ3v) is 4.83. The maximum atomic E-state index is 12.5. The quantitative estimate of drug-likeness (QED) is 0.791. The minimum absolute atomic E-state index is 0.0595. The van der Waals surface area contributed by atoms with Crippen LogP contribution in [0.3, 0.4) is 0 Å². The van der Waals surface area contributed by atoms with Gasteiger partial charge in [0.1, 0.15) is 0 Å². The van der Waals surface area contributed by atoms with Crippen molar-refractivity contribution in [3.05, 3.63) is 57.5 Å². The molecule has 0 radical (unpaired) electrons. The Bertz CT molecular complexity index is 692. The van der Waals surface area contributed by atoms with E-state index in [1.54, 1.807) is 0 Å². The molecule has 0 spiro atoms. The number of anilines is 2. The number of nitrogens with zero attached hydrogens (tertiary/aromatic N) is 2. The van der Waals surface area contributed by atoms with Gasteiger partial charge in [-0.25, -0.2) is 0 Å². The SMILES string of the molecule is Nc1cccc(Cl)c1N1CCN(C(=O)c2ccc(Br)cc2)CC1. The van der Waals surface area contributed by atoms with Crippen molar-refractivity contribution in [2.24, 2.45) is 0 Å². The van der Waals surface area contributed by atoms with Crippen molar-refractivity contribution in [2.75, 3.05) is 36.8 Å². The maximum Gasteiger partial charge on any atom is 0.253 e. The zero-order valence-corrected chi connectivity index (χ0v) is 14.8. The fourth-order valence-electron chi connectivity index (χ4n) is 2.77. The molecule has 120 valence electrons. The van der Waals surface area contributed by atoms with Gasteiger partial charge in [-0.3, -0.25) is 4.79 Å². The second-order valence-corrected chi connectivity index (χ2v) is 6.79. The second-order valence-electron chi connectivity index (χ2n) is 5.46. The number of hydrogen-bond acceptors (Lipinski definition) is 3. The Morgan fingerprint density at radius 1 is 1.04 bits per heavy atom. The summed E-state index contributed by atoms with van der Waals surface area (Å²) in [5.74, 6) is 0.0595. The van der Waals surface area contributed by atoms with Crippen molar-refractivity contribution >= 4 is 44.8 Å². The van der Waals surface area contributed by atoms with E-state index in [4.69, 9.17) is 17.3 Å². The van der Waals surface area contributed by atoms with Crippen LogP contribution in [0.4, 0.5) is 11.4 Å². The van der Waals surface area contributed by atoms with Gasteiger partial charge >= 0.3 is 0 Å². The summed E-state index contributed by atoms with van der Waals surface area (Å²) in [4.78, 5) is 16.5. The van der Waals surface area contributed by atoms with Gasteiger partial charge in [0.05, 0.1) is 16.4 Å². The molecular formula is C17H17BrClN3O. The number of benzene rings is 2. The van der Waals surface area contributed by atoms with E-state index in [2.05, 4.69) is 20.8 Å². The van der Waals surface area contributed by atoms with E-state index >= 15 is 0 Å². The minimum atomic E-state index is 0.0595. The van der Waals surface area contributed by atoms with Crippen molar-refractivity contribution in [1.29, 1.82) is 0 Å². The number of amides is 1. The van der Waals surface area contributed by atoms with E-state index in [0.29, 0.717) is 29.4 Å². The van der Waals surface area contributed by atoms with Crippen LogP contribution in [0.1, 0.15) is 10.4 Å². The predicted molar refractivity (Wildman–Crippen MR) is 98.1 cm³/mol. The Kier molecular flexibility index (Phi) is 4.78. The van der Waals surface area contributed by atoms with Gasteiger partial charge in [0.25, 0.3) is 5.91 Å². The normalized spacial score (nSPS) is 14.9. The van der Waals surface area contributed by atoms with Gasteiger partial charge in [-0.1, -0.05) is 33.6 Å². The highest BCUT2D eigenvalue weighted by atomic mass is 79.9. The zero-order valence-electron chi connectivity index (χ0n) is 12.5. The standard InChI is InChI=1S/C17H17BrClN3O/c18-13-6-4-12(5-7-13)17(23)22-10-8-21(9-11-22)16-14(19)2-1-3-15(16)20/h1-7H,8-11,20H2.